The average molecular weight is 451 g/mol. The summed E-state index contributed by atoms with van der Waals surface area (Å²) in [7, 11) is 0. The molecule has 0 saturated carbocycles. The lowest BCUT2D eigenvalue weighted by molar-refractivity contribution is -0.0504. The molecule has 4 rings (SSSR count). The Morgan fingerprint density at radius 1 is 1.22 bits per heavy atom. The fourth-order valence-electron chi connectivity index (χ4n) is 3.76. The third-order valence-corrected chi connectivity index (χ3v) is 5.35. The van der Waals surface area contributed by atoms with Crippen LogP contribution in [0.4, 0.5) is 33.6 Å². The summed E-state index contributed by atoms with van der Waals surface area (Å²) in [6.07, 6.45) is -1.04. The van der Waals surface area contributed by atoms with Crippen molar-refractivity contribution >= 4 is 22.7 Å². The minimum absolute atomic E-state index is 0.0952. The van der Waals surface area contributed by atoms with Gasteiger partial charge in [0.15, 0.2) is 17.3 Å². The fourth-order valence-corrected chi connectivity index (χ4v) is 3.76. The Morgan fingerprint density at radius 3 is 2.66 bits per heavy atom. The first kappa shape index (κ1) is 21.8. The molecule has 1 aliphatic heterocycles. The normalized spacial score (nSPS) is 18.9. The maximum atomic E-state index is 14.0. The van der Waals surface area contributed by atoms with Gasteiger partial charge in [0.25, 0.3) is 0 Å². The molecule has 1 aromatic heterocycles. The Balaban J connectivity index is 1.83. The summed E-state index contributed by atoms with van der Waals surface area (Å²) in [5.41, 5.74) is 6.59. The van der Waals surface area contributed by atoms with E-state index in [0.29, 0.717) is 0 Å². The van der Waals surface area contributed by atoms with E-state index in [1.807, 2.05) is 0 Å². The molecule has 0 bridgehead atoms. The van der Waals surface area contributed by atoms with E-state index in [-0.39, 0.29) is 60.0 Å². The number of benzene rings is 2. The minimum atomic E-state index is -3.12. The van der Waals surface area contributed by atoms with E-state index in [0.717, 1.165) is 12.1 Å². The van der Waals surface area contributed by atoms with Gasteiger partial charge in [-0.05, 0) is 12.5 Å². The largest absolute Gasteiger partial charge is 0.436 e. The number of piperidine rings is 1. The zero-order chi connectivity index (χ0) is 23.0. The van der Waals surface area contributed by atoms with Crippen molar-refractivity contribution in [2.45, 2.75) is 31.8 Å². The van der Waals surface area contributed by atoms with E-state index >= 15 is 0 Å². The lowest BCUT2D eigenvalue weighted by Crippen LogP contribution is -2.50. The van der Waals surface area contributed by atoms with Crippen molar-refractivity contribution < 1.29 is 26.7 Å². The van der Waals surface area contributed by atoms with E-state index in [9.17, 15) is 22.0 Å². The van der Waals surface area contributed by atoms with Crippen LogP contribution >= 0.6 is 0 Å². The quantitative estimate of drug-likeness (QED) is 0.462. The molecule has 2 aromatic carbocycles. The van der Waals surface area contributed by atoms with Gasteiger partial charge >= 0.3 is 6.61 Å². The highest BCUT2D eigenvalue weighted by Gasteiger charge is 2.30. The molecule has 0 amide bonds. The molecule has 2 atom stereocenters. The molecule has 1 fully saturated rings. The van der Waals surface area contributed by atoms with E-state index in [1.165, 1.54) is 22.8 Å². The maximum Gasteiger partial charge on any atom is 0.387 e. The van der Waals surface area contributed by atoms with E-state index in [1.54, 1.807) is 4.90 Å². The average Bonchev–Trinajstić information content (AvgIpc) is 3.08. The van der Waals surface area contributed by atoms with Gasteiger partial charge in [0, 0.05) is 30.8 Å². The maximum absolute atomic E-state index is 14.0. The van der Waals surface area contributed by atoms with Gasteiger partial charge in [-0.25, -0.2) is 23.0 Å². The smallest absolute Gasteiger partial charge is 0.387 e. The zero-order valence-corrected chi connectivity index (χ0v) is 16.6. The van der Waals surface area contributed by atoms with Crippen LogP contribution in [0.1, 0.15) is 12.0 Å². The highest BCUT2D eigenvalue weighted by molar-refractivity contribution is 5.79. The van der Waals surface area contributed by atoms with Gasteiger partial charge in [-0.2, -0.15) is 8.78 Å². The second kappa shape index (κ2) is 8.63. The van der Waals surface area contributed by atoms with Crippen LogP contribution in [0.5, 0.6) is 5.75 Å². The lowest BCUT2D eigenvalue weighted by atomic mass is 10.1. The Kier molecular flexibility index (Phi) is 5.88. The highest BCUT2D eigenvalue weighted by atomic mass is 19.3. The van der Waals surface area contributed by atoms with Gasteiger partial charge in [-0.15, -0.1) is 0 Å². The van der Waals surface area contributed by atoms with Crippen molar-refractivity contribution in [1.29, 1.82) is 0 Å². The number of rotatable bonds is 5. The molecule has 11 heteroatoms. The number of hydrogen-bond donors (Lipinski definition) is 1. The Morgan fingerprint density at radius 2 is 1.97 bits per heavy atom. The standard InChI is InChI=1S/C21H18F5N5O/c1-28-12-3-2-11(19(6-12)32-20(25)26)9-31-18-8-15(24)14(23)7-17(18)29-21(31)30-5-4-13(22)16(27)10-30/h2-3,6-8,13,16,20H,4-5,9-10,27H2/t13-,16-/m1/s1. The van der Waals surface area contributed by atoms with Crippen molar-refractivity contribution in [2.24, 2.45) is 5.73 Å². The number of nitrogens with zero attached hydrogens (tertiary/aromatic N) is 4. The number of hydrogen-bond acceptors (Lipinski definition) is 4. The van der Waals surface area contributed by atoms with Gasteiger partial charge in [0.2, 0.25) is 5.95 Å². The lowest BCUT2D eigenvalue weighted by Gasteiger charge is -2.34. The summed E-state index contributed by atoms with van der Waals surface area (Å²) in [6.45, 7) is 4.25. The summed E-state index contributed by atoms with van der Waals surface area (Å²) < 4.78 is 73.7. The summed E-state index contributed by atoms with van der Waals surface area (Å²) >= 11 is 0. The number of imidazole rings is 1. The molecule has 32 heavy (non-hydrogen) atoms. The van der Waals surface area contributed by atoms with Crippen LogP contribution < -0.4 is 15.4 Å². The Labute approximate surface area is 179 Å². The zero-order valence-electron chi connectivity index (χ0n) is 16.6. The van der Waals surface area contributed by atoms with Crippen LogP contribution in [-0.4, -0.2) is 41.5 Å². The van der Waals surface area contributed by atoms with Crippen LogP contribution in [0.25, 0.3) is 15.9 Å². The van der Waals surface area contributed by atoms with Gasteiger partial charge in [-0.1, -0.05) is 12.1 Å². The predicted octanol–water partition coefficient (Wildman–Crippen LogP) is 4.39. The second-order valence-corrected chi connectivity index (χ2v) is 7.45. The number of nitrogens with two attached hydrogens (primary N) is 1. The third kappa shape index (κ3) is 4.18. The Bertz CT molecular complexity index is 1190. The number of alkyl halides is 3. The summed E-state index contributed by atoms with van der Waals surface area (Å²) in [4.78, 5) is 9.29. The molecule has 0 unspecified atom stereocenters. The summed E-state index contributed by atoms with van der Waals surface area (Å²) in [6, 6.07) is 5.18. The van der Waals surface area contributed by atoms with Crippen molar-refractivity contribution in [3.8, 4) is 5.75 Å². The van der Waals surface area contributed by atoms with E-state index in [4.69, 9.17) is 12.3 Å². The molecular weight excluding hydrogens is 433 g/mol. The summed E-state index contributed by atoms with van der Waals surface area (Å²) in [5.74, 6) is -2.14. The first-order chi connectivity index (χ1) is 15.3. The molecule has 3 aromatic rings. The van der Waals surface area contributed by atoms with Crippen molar-refractivity contribution in [3.63, 3.8) is 0 Å². The molecular formula is C21H18F5N5O. The van der Waals surface area contributed by atoms with E-state index < -0.39 is 30.5 Å². The molecule has 2 heterocycles. The number of aromatic nitrogens is 2. The fraction of sp³-hybridized carbons (Fsp3) is 0.333. The number of halogens is 5. The van der Waals surface area contributed by atoms with Crippen LogP contribution in [0.2, 0.25) is 0 Å². The molecule has 0 radical (unpaired) electrons. The van der Waals surface area contributed by atoms with Crippen LogP contribution in [-0.2, 0) is 6.54 Å². The second-order valence-electron chi connectivity index (χ2n) is 7.45. The Hall–Kier alpha value is -3.39. The first-order valence-corrected chi connectivity index (χ1v) is 9.72. The van der Waals surface area contributed by atoms with Gasteiger partial charge in [-0.3, -0.25) is 0 Å². The first-order valence-electron chi connectivity index (χ1n) is 9.72. The number of fused-ring (bicyclic) bond motifs is 1. The summed E-state index contributed by atoms with van der Waals surface area (Å²) in [5, 5.41) is 0. The van der Waals surface area contributed by atoms with Crippen LogP contribution in [0, 0.1) is 18.2 Å². The predicted molar refractivity (Wildman–Crippen MR) is 108 cm³/mol. The van der Waals surface area contributed by atoms with E-state index in [2.05, 4.69) is 14.6 Å². The van der Waals surface area contributed by atoms with Gasteiger partial charge < -0.3 is 19.9 Å². The van der Waals surface area contributed by atoms with Crippen LogP contribution in [0.15, 0.2) is 30.3 Å². The topological polar surface area (TPSA) is 60.7 Å². The van der Waals surface area contributed by atoms with Crippen molar-refractivity contribution in [1.82, 2.24) is 9.55 Å². The molecule has 1 saturated heterocycles. The molecule has 0 aliphatic carbocycles. The molecule has 1 aliphatic rings. The van der Waals surface area contributed by atoms with Crippen molar-refractivity contribution in [2.75, 3.05) is 18.0 Å². The molecule has 2 N–H and O–H groups in total. The molecule has 6 nitrogen and oxygen atoms in total. The number of anilines is 1. The third-order valence-electron chi connectivity index (χ3n) is 5.35. The van der Waals surface area contributed by atoms with Gasteiger partial charge in [0.1, 0.15) is 11.9 Å². The molecule has 168 valence electrons. The SMILES string of the molecule is [C-]#[N+]c1ccc(Cn2c(N3CC[C@@H](F)[C@H](N)C3)nc3cc(F)c(F)cc32)c(OC(F)F)c1. The number of ether oxygens (including phenoxy) is 1. The van der Waals surface area contributed by atoms with Gasteiger partial charge in [0.05, 0.1) is 30.2 Å². The monoisotopic (exact) mass is 451 g/mol. The van der Waals surface area contributed by atoms with Crippen molar-refractivity contribution in [3.05, 3.63) is 58.9 Å². The van der Waals surface area contributed by atoms with Crippen LogP contribution in [0.3, 0.4) is 0 Å². The highest BCUT2D eigenvalue weighted by Crippen LogP contribution is 2.32. The molecule has 0 spiro atoms. The minimum Gasteiger partial charge on any atom is -0.436 e.